The Morgan fingerprint density at radius 1 is 1.07 bits per heavy atom. The molecule has 1 saturated heterocycles. The van der Waals surface area contributed by atoms with E-state index in [4.69, 9.17) is 4.74 Å². The van der Waals surface area contributed by atoms with Crippen LogP contribution in [0.4, 0.5) is 4.79 Å². The number of carbonyl (C=O) groups excluding carboxylic acids is 6. The van der Waals surface area contributed by atoms with Gasteiger partial charge in [0, 0.05) is 12.7 Å². The molecule has 1 aromatic rings. The zero-order valence-electron chi connectivity index (χ0n) is 28.1. The Morgan fingerprint density at radius 2 is 1.74 bits per heavy atom. The van der Waals surface area contributed by atoms with E-state index in [0.29, 0.717) is 12.2 Å². The second kappa shape index (κ2) is 14.0. The molecule has 1 aromatic heterocycles. The molecule has 252 valence electrons. The van der Waals surface area contributed by atoms with Gasteiger partial charge in [-0.2, -0.15) is 0 Å². The van der Waals surface area contributed by atoms with Gasteiger partial charge in [0.1, 0.15) is 23.7 Å². The number of alkyl carbamates (subject to hydrolysis) is 1. The van der Waals surface area contributed by atoms with Gasteiger partial charge in [-0.25, -0.2) is 4.79 Å². The summed E-state index contributed by atoms with van der Waals surface area (Å²) in [4.78, 5) is 84.2. The second-order valence-corrected chi connectivity index (χ2v) is 14.6. The molecular formula is C33H48N6O7. The fraction of sp³-hybridized carbons (Fsp3) is 0.606. The van der Waals surface area contributed by atoms with Crippen LogP contribution < -0.4 is 21.3 Å². The van der Waals surface area contributed by atoms with Crippen LogP contribution in [0, 0.1) is 22.7 Å². The van der Waals surface area contributed by atoms with Crippen LogP contribution in [-0.4, -0.2) is 82.2 Å². The van der Waals surface area contributed by atoms with Gasteiger partial charge in [-0.1, -0.05) is 46.8 Å². The van der Waals surface area contributed by atoms with Crippen molar-refractivity contribution in [2.75, 3.05) is 13.1 Å². The quantitative estimate of drug-likeness (QED) is 0.198. The minimum atomic E-state index is -1.27. The molecule has 2 aliphatic rings. The highest BCUT2D eigenvalue weighted by Gasteiger charge is 2.70. The van der Waals surface area contributed by atoms with E-state index in [9.17, 15) is 28.8 Å². The van der Waals surface area contributed by atoms with Crippen molar-refractivity contribution in [1.29, 1.82) is 0 Å². The lowest BCUT2D eigenvalue weighted by Gasteiger charge is -2.38. The van der Waals surface area contributed by atoms with E-state index in [2.05, 4.69) is 32.8 Å². The van der Waals surface area contributed by atoms with Crippen LogP contribution in [0.1, 0.15) is 67.5 Å². The number of hydrogen-bond donors (Lipinski definition) is 4. The molecule has 1 aliphatic carbocycles. The molecule has 0 aromatic carbocycles. The highest BCUT2D eigenvalue weighted by atomic mass is 16.6. The van der Waals surface area contributed by atoms with Gasteiger partial charge in [0.05, 0.1) is 18.8 Å². The lowest BCUT2D eigenvalue weighted by molar-refractivity contribution is -0.145. The van der Waals surface area contributed by atoms with Crippen LogP contribution >= 0.6 is 0 Å². The van der Waals surface area contributed by atoms with Crippen LogP contribution in [0.15, 0.2) is 37.1 Å². The summed E-state index contributed by atoms with van der Waals surface area (Å²) < 4.78 is 5.40. The molecule has 13 nitrogen and oxygen atoms in total. The Hall–Kier alpha value is -4.29. The average molecular weight is 641 g/mol. The molecule has 3 rings (SSSR count). The molecule has 0 spiro atoms. The summed E-state index contributed by atoms with van der Waals surface area (Å²) >= 11 is 0. The average Bonchev–Trinajstić information content (AvgIpc) is 3.27. The van der Waals surface area contributed by atoms with Crippen LogP contribution in [0.5, 0.6) is 0 Å². The van der Waals surface area contributed by atoms with Gasteiger partial charge in [0.25, 0.3) is 5.91 Å². The molecule has 0 radical (unpaired) electrons. The van der Waals surface area contributed by atoms with Crippen molar-refractivity contribution in [3.8, 4) is 0 Å². The molecule has 2 fully saturated rings. The SMILES string of the molecule is C=CCC(NC(=O)C1[C@@H]2[C@H](CN1C(=O)[C@@H](NC(=O)OC(C)(C)C)C(C)(C)C)C2(C)C)C(=O)C(=O)NCC(=O)NCc1ccccn1. The van der Waals surface area contributed by atoms with Gasteiger partial charge < -0.3 is 30.9 Å². The first-order valence-corrected chi connectivity index (χ1v) is 15.5. The molecule has 0 bridgehead atoms. The summed E-state index contributed by atoms with van der Waals surface area (Å²) in [5.41, 5.74) is -1.10. The maximum atomic E-state index is 14.0. The molecule has 1 saturated carbocycles. The van der Waals surface area contributed by atoms with E-state index in [1.165, 1.54) is 11.0 Å². The van der Waals surface area contributed by atoms with Crippen molar-refractivity contribution in [2.24, 2.45) is 22.7 Å². The number of ketones is 1. The predicted octanol–water partition coefficient (Wildman–Crippen LogP) is 1.87. The van der Waals surface area contributed by atoms with Crippen molar-refractivity contribution >= 4 is 35.5 Å². The summed E-state index contributed by atoms with van der Waals surface area (Å²) in [6.45, 7) is 18.2. The van der Waals surface area contributed by atoms with Crippen LogP contribution in [0.2, 0.25) is 0 Å². The number of nitrogens with zero attached hydrogens (tertiary/aromatic N) is 2. The number of carbonyl (C=O) groups is 6. The number of aromatic nitrogens is 1. The van der Waals surface area contributed by atoms with Crippen molar-refractivity contribution in [1.82, 2.24) is 31.2 Å². The molecule has 46 heavy (non-hydrogen) atoms. The third-order valence-electron chi connectivity index (χ3n) is 8.40. The van der Waals surface area contributed by atoms with Gasteiger partial charge >= 0.3 is 6.09 Å². The third-order valence-corrected chi connectivity index (χ3v) is 8.40. The first kappa shape index (κ1) is 36.2. The Balaban J connectivity index is 1.70. The molecule has 2 unspecified atom stereocenters. The van der Waals surface area contributed by atoms with Crippen molar-refractivity contribution < 1.29 is 33.5 Å². The maximum Gasteiger partial charge on any atom is 0.408 e. The van der Waals surface area contributed by atoms with E-state index >= 15 is 0 Å². The normalized spacial score (nSPS) is 21.1. The number of fused-ring (bicyclic) bond motifs is 1. The van der Waals surface area contributed by atoms with Gasteiger partial charge in [-0.05, 0) is 62.0 Å². The van der Waals surface area contributed by atoms with Crippen LogP contribution in [0.3, 0.4) is 0 Å². The van der Waals surface area contributed by atoms with Gasteiger partial charge in [0.15, 0.2) is 0 Å². The first-order chi connectivity index (χ1) is 21.3. The number of hydrogen-bond acceptors (Lipinski definition) is 8. The Labute approximate surface area is 270 Å². The molecule has 5 atom stereocenters. The van der Waals surface area contributed by atoms with Gasteiger partial charge in [-0.3, -0.25) is 29.0 Å². The Kier molecular flexibility index (Phi) is 11.0. The van der Waals surface area contributed by atoms with Gasteiger partial charge in [-0.15, -0.1) is 6.58 Å². The molecule has 1 aliphatic heterocycles. The monoisotopic (exact) mass is 640 g/mol. The van der Waals surface area contributed by atoms with E-state index in [0.717, 1.165) is 0 Å². The molecule has 4 N–H and O–H groups in total. The summed E-state index contributed by atoms with van der Waals surface area (Å²) in [5, 5.41) is 10.3. The highest BCUT2D eigenvalue weighted by molar-refractivity contribution is 6.38. The van der Waals surface area contributed by atoms with E-state index in [-0.39, 0.29) is 30.2 Å². The summed E-state index contributed by atoms with van der Waals surface area (Å²) in [6.07, 6.45) is 2.19. The van der Waals surface area contributed by atoms with E-state index in [1.54, 1.807) is 65.9 Å². The first-order valence-electron chi connectivity index (χ1n) is 15.5. The number of likely N-dealkylation sites (tertiary alicyclic amines) is 1. The zero-order valence-corrected chi connectivity index (χ0v) is 28.1. The number of ether oxygens (including phenoxy) is 1. The number of pyridine rings is 1. The van der Waals surface area contributed by atoms with Crippen molar-refractivity contribution in [3.05, 3.63) is 42.7 Å². The largest absolute Gasteiger partial charge is 0.444 e. The number of amides is 5. The Bertz CT molecular complexity index is 1350. The number of piperidine rings is 1. The van der Waals surface area contributed by atoms with Crippen molar-refractivity contribution in [3.63, 3.8) is 0 Å². The van der Waals surface area contributed by atoms with Crippen LogP contribution in [-0.2, 0) is 35.3 Å². The standard InChI is InChI=1S/C33H48N6O7/c1-10-13-21(25(41)28(43)36-17-22(40)35-16-19-14-11-12-15-34-19)37-27(42)24-23-20(33(23,8)9)18-39(24)29(44)26(31(2,3)4)38-30(45)46-32(5,6)7/h10-12,14-15,20-21,23-24,26H,1,13,16-18H2,2-9H3,(H,35,40)(H,36,43)(H,37,42)(H,38,45)/t20-,21?,23-,24?,26+/m0/s1. The minimum absolute atomic E-state index is 0.0378. The maximum absolute atomic E-state index is 14.0. The smallest absolute Gasteiger partial charge is 0.408 e. The number of Topliss-reactive ketones (excluding diaryl/α,β-unsaturated/α-hetero) is 1. The lowest BCUT2D eigenvalue weighted by atomic mass is 9.85. The third kappa shape index (κ3) is 8.91. The topological polar surface area (TPSA) is 176 Å². The molecule has 5 amide bonds. The van der Waals surface area contributed by atoms with Gasteiger partial charge in [0.2, 0.25) is 23.5 Å². The second-order valence-electron chi connectivity index (χ2n) is 14.6. The van der Waals surface area contributed by atoms with E-state index < -0.39 is 71.2 Å². The fourth-order valence-corrected chi connectivity index (χ4v) is 5.87. The van der Waals surface area contributed by atoms with Crippen molar-refractivity contribution in [2.45, 2.75) is 92.1 Å². The molecule has 13 heteroatoms. The van der Waals surface area contributed by atoms with E-state index in [1.807, 2.05) is 13.8 Å². The highest BCUT2D eigenvalue weighted by Crippen LogP contribution is 2.65. The fourth-order valence-electron chi connectivity index (χ4n) is 5.87. The molecular weight excluding hydrogens is 592 g/mol. The summed E-state index contributed by atoms with van der Waals surface area (Å²) in [5.74, 6) is -3.69. The van der Waals surface area contributed by atoms with Crippen LogP contribution in [0.25, 0.3) is 0 Å². The summed E-state index contributed by atoms with van der Waals surface area (Å²) in [7, 11) is 0. The zero-order chi connectivity index (χ0) is 34.6. The molecule has 2 heterocycles. The number of nitrogens with one attached hydrogen (secondary N) is 4. The summed E-state index contributed by atoms with van der Waals surface area (Å²) in [6, 6.07) is 2.05. The number of rotatable bonds is 12. The Morgan fingerprint density at radius 3 is 2.30 bits per heavy atom. The lowest BCUT2D eigenvalue weighted by Crippen LogP contribution is -2.60. The minimum Gasteiger partial charge on any atom is -0.444 e. The predicted molar refractivity (Wildman–Crippen MR) is 170 cm³/mol.